The van der Waals surface area contributed by atoms with Crippen molar-refractivity contribution in [1.29, 1.82) is 0 Å². The molecule has 2 aliphatic rings. The molecule has 0 spiro atoms. The molecule has 2 aliphatic heterocycles. The van der Waals surface area contributed by atoms with E-state index in [4.69, 9.17) is 42.9 Å². The van der Waals surface area contributed by atoms with Gasteiger partial charge in [0, 0.05) is 15.4 Å². The van der Waals surface area contributed by atoms with Crippen molar-refractivity contribution < 1.29 is 23.7 Å². The van der Waals surface area contributed by atoms with Crippen LogP contribution in [0, 0.1) is 5.82 Å². The van der Waals surface area contributed by atoms with Gasteiger partial charge in [-0.05, 0) is 17.7 Å². The van der Waals surface area contributed by atoms with Gasteiger partial charge in [-0.2, -0.15) is 0 Å². The molecule has 30 heavy (non-hydrogen) atoms. The standard InChI is InChI=1S/C19H16Cl2FN3O4S/c20-11-6-10(7-12(21)14(11)22)30-19-16(26)15(24-25-23)17-13(28-19)8-27-18(29-17)9-4-2-1-3-5-9/h1-7,13,15-19,26H,8H2/t13?,15-,16?,17+,18?,19-/m1/s1. The van der Waals surface area contributed by atoms with Crippen molar-refractivity contribution in [2.45, 2.75) is 41.0 Å². The lowest BCUT2D eigenvalue weighted by Crippen LogP contribution is -2.60. The number of halogens is 3. The third-order valence-corrected chi connectivity index (χ3v) is 6.48. The lowest BCUT2D eigenvalue weighted by atomic mass is 9.97. The minimum Gasteiger partial charge on any atom is -0.389 e. The fourth-order valence-electron chi connectivity index (χ4n) is 3.38. The van der Waals surface area contributed by atoms with Gasteiger partial charge in [0.2, 0.25) is 0 Å². The van der Waals surface area contributed by atoms with E-state index in [1.165, 1.54) is 12.1 Å². The van der Waals surface area contributed by atoms with E-state index >= 15 is 0 Å². The van der Waals surface area contributed by atoms with Crippen LogP contribution in [0.2, 0.25) is 10.0 Å². The number of rotatable bonds is 4. The highest BCUT2D eigenvalue weighted by molar-refractivity contribution is 7.99. The Hall–Kier alpha value is -1.55. The van der Waals surface area contributed by atoms with Gasteiger partial charge < -0.3 is 19.3 Å². The second-order valence-electron chi connectivity index (χ2n) is 6.72. The second kappa shape index (κ2) is 9.30. The highest BCUT2D eigenvalue weighted by Gasteiger charge is 2.49. The van der Waals surface area contributed by atoms with E-state index in [-0.39, 0.29) is 16.7 Å². The predicted octanol–water partition coefficient (Wildman–Crippen LogP) is 5.10. The Bertz CT molecular complexity index is 943. The van der Waals surface area contributed by atoms with Crippen LogP contribution in [-0.2, 0) is 14.2 Å². The summed E-state index contributed by atoms with van der Waals surface area (Å²) >= 11 is 12.8. The van der Waals surface area contributed by atoms with Crippen LogP contribution in [0.4, 0.5) is 4.39 Å². The SMILES string of the molecule is [N-]=[N+]=N[C@@H]1C(O)[C@@H](Sc2cc(Cl)c(F)c(Cl)c2)OC2COC(c3ccccc3)O[C@@H]21. The highest BCUT2D eigenvalue weighted by atomic mass is 35.5. The number of aliphatic hydroxyl groups excluding tert-OH is 1. The largest absolute Gasteiger partial charge is 0.389 e. The number of benzene rings is 2. The van der Waals surface area contributed by atoms with Crippen molar-refractivity contribution in [3.8, 4) is 0 Å². The molecule has 0 radical (unpaired) electrons. The number of hydrogen-bond acceptors (Lipinski definition) is 6. The molecule has 0 aromatic heterocycles. The first kappa shape index (κ1) is 21.7. The summed E-state index contributed by atoms with van der Waals surface area (Å²) in [6.07, 6.45) is -3.14. The zero-order chi connectivity index (χ0) is 21.3. The van der Waals surface area contributed by atoms with Gasteiger partial charge in [-0.1, -0.05) is 70.4 Å². The average Bonchev–Trinajstić information content (AvgIpc) is 2.75. The molecule has 4 rings (SSSR count). The molecule has 2 heterocycles. The van der Waals surface area contributed by atoms with Crippen molar-refractivity contribution in [2.75, 3.05) is 6.61 Å². The maximum Gasteiger partial charge on any atom is 0.184 e. The number of fused-ring (bicyclic) bond motifs is 1. The maximum absolute atomic E-state index is 13.7. The molecule has 11 heteroatoms. The van der Waals surface area contributed by atoms with E-state index in [0.29, 0.717) is 4.90 Å². The molecule has 0 bridgehead atoms. The van der Waals surface area contributed by atoms with E-state index < -0.39 is 41.9 Å². The maximum atomic E-state index is 13.7. The predicted molar refractivity (Wildman–Crippen MR) is 110 cm³/mol. The molecule has 3 unspecified atom stereocenters. The van der Waals surface area contributed by atoms with Gasteiger partial charge >= 0.3 is 0 Å². The van der Waals surface area contributed by atoms with Crippen molar-refractivity contribution >= 4 is 35.0 Å². The highest BCUT2D eigenvalue weighted by Crippen LogP contribution is 2.41. The average molecular weight is 472 g/mol. The minimum absolute atomic E-state index is 0.144. The summed E-state index contributed by atoms with van der Waals surface area (Å²) in [5, 5.41) is 14.3. The third-order valence-electron chi connectivity index (χ3n) is 4.80. The topological polar surface area (TPSA) is 96.7 Å². The quantitative estimate of drug-likeness (QED) is 0.289. The Morgan fingerprint density at radius 2 is 1.87 bits per heavy atom. The monoisotopic (exact) mass is 471 g/mol. The molecule has 0 aliphatic carbocycles. The van der Waals surface area contributed by atoms with Gasteiger partial charge in [0.25, 0.3) is 0 Å². The number of azide groups is 1. The summed E-state index contributed by atoms with van der Waals surface area (Å²) in [5.41, 5.74) is 8.99. The zero-order valence-electron chi connectivity index (χ0n) is 15.3. The van der Waals surface area contributed by atoms with Gasteiger partial charge in [-0.3, -0.25) is 0 Å². The van der Waals surface area contributed by atoms with Crippen LogP contribution in [-0.4, -0.2) is 41.5 Å². The fourth-order valence-corrected chi connectivity index (χ4v) is 5.14. The van der Waals surface area contributed by atoms with Crippen LogP contribution in [0.25, 0.3) is 10.4 Å². The summed E-state index contributed by atoms with van der Waals surface area (Å²) in [7, 11) is 0. The minimum atomic E-state index is -1.19. The molecule has 6 atom stereocenters. The van der Waals surface area contributed by atoms with Crippen LogP contribution in [0.1, 0.15) is 11.9 Å². The van der Waals surface area contributed by atoms with Crippen molar-refractivity contribution in [3.05, 3.63) is 74.3 Å². The second-order valence-corrected chi connectivity index (χ2v) is 8.71. The summed E-state index contributed by atoms with van der Waals surface area (Å²) in [5.74, 6) is -0.721. The smallest absolute Gasteiger partial charge is 0.184 e. The molecule has 7 nitrogen and oxygen atoms in total. The molecule has 2 fully saturated rings. The third kappa shape index (κ3) is 4.39. The Kier molecular flexibility index (Phi) is 6.72. The molecule has 2 saturated heterocycles. The van der Waals surface area contributed by atoms with Crippen LogP contribution in [0.15, 0.2) is 52.5 Å². The molecule has 2 aromatic carbocycles. The van der Waals surface area contributed by atoms with Gasteiger partial charge in [-0.15, -0.1) is 0 Å². The lowest BCUT2D eigenvalue weighted by molar-refractivity contribution is -0.297. The molecule has 2 aromatic rings. The molecule has 158 valence electrons. The summed E-state index contributed by atoms with van der Waals surface area (Å²) in [6, 6.07) is 11.2. The molecular weight excluding hydrogens is 456 g/mol. The van der Waals surface area contributed by atoms with Crippen LogP contribution in [0.5, 0.6) is 0 Å². The van der Waals surface area contributed by atoms with Crippen molar-refractivity contribution in [2.24, 2.45) is 5.11 Å². The first-order valence-corrected chi connectivity index (χ1v) is 10.6. The molecule has 0 amide bonds. The molecule has 1 N–H and O–H groups in total. The number of thioether (sulfide) groups is 1. The normalized spacial score (nSPS) is 30.9. The Morgan fingerprint density at radius 3 is 2.53 bits per heavy atom. The van der Waals surface area contributed by atoms with Crippen molar-refractivity contribution in [1.82, 2.24) is 0 Å². The molecular formula is C19H16Cl2FN3O4S. The number of ether oxygens (including phenoxy) is 3. The van der Waals surface area contributed by atoms with E-state index in [2.05, 4.69) is 10.0 Å². The van der Waals surface area contributed by atoms with Gasteiger partial charge in [0.05, 0.1) is 22.7 Å². The van der Waals surface area contributed by atoms with Crippen LogP contribution in [0.3, 0.4) is 0 Å². The van der Waals surface area contributed by atoms with Crippen molar-refractivity contribution in [3.63, 3.8) is 0 Å². The number of nitrogens with zero attached hydrogens (tertiary/aromatic N) is 3. The summed E-state index contributed by atoms with van der Waals surface area (Å²) in [4.78, 5) is 3.36. The van der Waals surface area contributed by atoms with E-state index in [1.807, 2.05) is 30.3 Å². The first-order valence-electron chi connectivity index (χ1n) is 8.99. The summed E-state index contributed by atoms with van der Waals surface area (Å²) < 4.78 is 31.4. The summed E-state index contributed by atoms with van der Waals surface area (Å²) in [6.45, 7) is 0.177. The first-order chi connectivity index (χ1) is 14.5. The van der Waals surface area contributed by atoms with E-state index in [0.717, 1.165) is 17.3 Å². The Morgan fingerprint density at radius 1 is 1.17 bits per heavy atom. The zero-order valence-corrected chi connectivity index (χ0v) is 17.6. The number of hydrogen-bond donors (Lipinski definition) is 1. The van der Waals surface area contributed by atoms with Crippen LogP contribution < -0.4 is 0 Å². The lowest BCUT2D eigenvalue weighted by Gasteiger charge is -2.46. The van der Waals surface area contributed by atoms with Gasteiger partial charge in [-0.25, -0.2) is 4.39 Å². The Balaban J connectivity index is 1.55. The van der Waals surface area contributed by atoms with E-state index in [9.17, 15) is 9.50 Å². The fraction of sp³-hybridized carbons (Fsp3) is 0.368. The van der Waals surface area contributed by atoms with Crippen LogP contribution >= 0.6 is 35.0 Å². The number of aliphatic hydroxyl groups is 1. The van der Waals surface area contributed by atoms with E-state index in [1.54, 1.807) is 0 Å². The Labute approximate surface area is 185 Å². The molecule has 0 saturated carbocycles. The van der Waals surface area contributed by atoms with Gasteiger partial charge in [0.15, 0.2) is 12.1 Å². The van der Waals surface area contributed by atoms with Gasteiger partial charge in [0.1, 0.15) is 23.7 Å².